The summed E-state index contributed by atoms with van der Waals surface area (Å²) in [6.45, 7) is 3.69. The van der Waals surface area contributed by atoms with Crippen LogP contribution in [0.2, 0.25) is 5.02 Å². The van der Waals surface area contributed by atoms with E-state index in [2.05, 4.69) is 0 Å². The summed E-state index contributed by atoms with van der Waals surface area (Å²) in [5.41, 5.74) is 2.58. The molecule has 0 aliphatic carbocycles. The Bertz CT molecular complexity index is 609. The highest BCUT2D eigenvalue weighted by atomic mass is 35.5. The second-order valence-electron chi connectivity index (χ2n) is 4.17. The molecule has 0 atom stereocenters. The number of aryl methyl sites for hydroxylation is 1. The largest absolute Gasteiger partial charge is 0.457 e. The first-order valence-electron chi connectivity index (χ1n) is 5.60. The van der Waals surface area contributed by atoms with Crippen molar-refractivity contribution < 1.29 is 9.21 Å². The lowest BCUT2D eigenvalue weighted by molar-refractivity contribution is -0.104. The van der Waals surface area contributed by atoms with Gasteiger partial charge in [0.1, 0.15) is 17.8 Å². The van der Waals surface area contributed by atoms with E-state index in [-0.39, 0.29) is 0 Å². The Morgan fingerprint density at radius 2 is 2.06 bits per heavy atom. The quantitative estimate of drug-likeness (QED) is 0.600. The van der Waals surface area contributed by atoms with E-state index in [1.807, 2.05) is 37.3 Å². The van der Waals surface area contributed by atoms with E-state index in [0.29, 0.717) is 16.4 Å². The van der Waals surface area contributed by atoms with E-state index < -0.39 is 0 Å². The number of hydrogen-bond donors (Lipinski definition) is 0. The molecule has 2 aromatic rings. The minimum Gasteiger partial charge on any atom is -0.457 e. The van der Waals surface area contributed by atoms with Crippen molar-refractivity contribution in [1.82, 2.24) is 0 Å². The number of halogens is 1. The molecule has 0 fully saturated rings. The maximum Gasteiger partial charge on any atom is 0.145 e. The van der Waals surface area contributed by atoms with Crippen LogP contribution in [0.1, 0.15) is 18.2 Å². The zero-order valence-electron chi connectivity index (χ0n) is 10.2. The molecule has 92 valence electrons. The normalized spacial score (nSPS) is 11.6. The number of benzene rings is 1. The van der Waals surface area contributed by atoms with Gasteiger partial charge in [0.05, 0.1) is 0 Å². The first-order valence-corrected chi connectivity index (χ1v) is 5.98. The fourth-order valence-corrected chi connectivity index (χ4v) is 1.77. The van der Waals surface area contributed by atoms with Crippen molar-refractivity contribution >= 4 is 24.0 Å². The predicted molar refractivity (Wildman–Crippen MR) is 73.6 cm³/mol. The fraction of sp³-hybridized carbons (Fsp3) is 0.133. The lowest BCUT2D eigenvalue weighted by Crippen LogP contribution is -1.78. The molecular weight excluding hydrogens is 248 g/mol. The van der Waals surface area contributed by atoms with Gasteiger partial charge in [-0.1, -0.05) is 23.7 Å². The van der Waals surface area contributed by atoms with Crippen LogP contribution < -0.4 is 0 Å². The molecule has 3 heteroatoms. The smallest absolute Gasteiger partial charge is 0.145 e. The third-order valence-corrected chi connectivity index (χ3v) is 3.05. The minimum atomic E-state index is 0.623. The molecule has 0 saturated carbocycles. The lowest BCUT2D eigenvalue weighted by atomic mass is 10.1. The average Bonchev–Trinajstić information content (AvgIpc) is 2.81. The van der Waals surface area contributed by atoms with Crippen LogP contribution >= 0.6 is 11.6 Å². The van der Waals surface area contributed by atoms with E-state index >= 15 is 0 Å². The summed E-state index contributed by atoms with van der Waals surface area (Å²) in [6.07, 6.45) is 2.50. The molecule has 0 saturated heterocycles. The molecule has 18 heavy (non-hydrogen) atoms. The molecule has 0 unspecified atom stereocenters. The zero-order valence-corrected chi connectivity index (χ0v) is 11.0. The summed E-state index contributed by atoms with van der Waals surface area (Å²) in [6, 6.07) is 9.48. The molecule has 1 heterocycles. The van der Waals surface area contributed by atoms with Gasteiger partial charge in [-0.2, -0.15) is 0 Å². The molecule has 1 aromatic heterocycles. The lowest BCUT2D eigenvalue weighted by Gasteiger charge is -2.00. The molecule has 0 aliphatic heterocycles. The van der Waals surface area contributed by atoms with Crippen LogP contribution in [0.4, 0.5) is 0 Å². The number of hydrogen-bond acceptors (Lipinski definition) is 2. The summed E-state index contributed by atoms with van der Waals surface area (Å²) in [7, 11) is 0. The Hall–Kier alpha value is -1.80. The van der Waals surface area contributed by atoms with Crippen LogP contribution in [0.15, 0.2) is 40.3 Å². The molecule has 0 aliphatic rings. The highest BCUT2D eigenvalue weighted by Gasteiger charge is 2.05. The van der Waals surface area contributed by atoms with Gasteiger partial charge < -0.3 is 4.42 Å². The zero-order chi connectivity index (χ0) is 13.1. The number of carbonyl (C=O) groups is 1. The third kappa shape index (κ3) is 2.71. The second-order valence-corrected chi connectivity index (χ2v) is 4.58. The summed E-state index contributed by atoms with van der Waals surface area (Å²) in [5.74, 6) is 1.40. The SMILES string of the molecule is C/C(C=O)=C\c1ccc(-c2ccc(C)c(Cl)c2)o1. The van der Waals surface area contributed by atoms with E-state index in [0.717, 1.165) is 23.2 Å². The maximum absolute atomic E-state index is 10.5. The van der Waals surface area contributed by atoms with Crippen molar-refractivity contribution in [2.45, 2.75) is 13.8 Å². The number of aldehydes is 1. The summed E-state index contributed by atoms with van der Waals surface area (Å²) in [5, 5.41) is 0.713. The van der Waals surface area contributed by atoms with E-state index in [4.69, 9.17) is 16.0 Å². The van der Waals surface area contributed by atoms with Gasteiger partial charge in [0.15, 0.2) is 0 Å². The van der Waals surface area contributed by atoms with Crippen LogP contribution in [0.5, 0.6) is 0 Å². The molecule has 0 radical (unpaired) electrons. The molecule has 2 nitrogen and oxygen atoms in total. The average molecular weight is 261 g/mol. The van der Waals surface area contributed by atoms with E-state index in [1.165, 1.54) is 0 Å². The maximum atomic E-state index is 10.5. The van der Waals surface area contributed by atoms with Crippen LogP contribution in [-0.2, 0) is 4.79 Å². The van der Waals surface area contributed by atoms with Gasteiger partial charge in [-0.25, -0.2) is 0 Å². The Balaban J connectivity index is 2.35. The number of furan rings is 1. The summed E-state index contributed by atoms with van der Waals surface area (Å²) in [4.78, 5) is 10.5. The first-order chi connectivity index (χ1) is 8.60. The van der Waals surface area contributed by atoms with E-state index in [1.54, 1.807) is 13.0 Å². The molecule has 0 amide bonds. The Morgan fingerprint density at radius 1 is 1.28 bits per heavy atom. The van der Waals surface area contributed by atoms with Gasteiger partial charge >= 0.3 is 0 Å². The van der Waals surface area contributed by atoms with Gasteiger partial charge in [0, 0.05) is 10.6 Å². The van der Waals surface area contributed by atoms with Crippen molar-refractivity contribution in [3.05, 3.63) is 52.3 Å². The molecular formula is C15H13ClO2. The van der Waals surface area contributed by atoms with Gasteiger partial charge in [0.2, 0.25) is 0 Å². The number of rotatable bonds is 3. The van der Waals surface area contributed by atoms with E-state index in [9.17, 15) is 4.79 Å². The standard InChI is InChI=1S/C15H13ClO2/c1-10(9-17)7-13-5-6-15(18-13)12-4-3-11(2)14(16)8-12/h3-9H,1-2H3/b10-7+. The van der Waals surface area contributed by atoms with Crippen molar-refractivity contribution in [2.24, 2.45) is 0 Å². The topological polar surface area (TPSA) is 30.2 Å². The molecule has 0 N–H and O–H groups in total. The van der Waals surface area contributed by atoms with Gasteiger partial charge in [-0.05, 0) is 49.3 Å². The number of allylic oxidation sites excluding steroid dienone is 1. The Kier molecular flexibility index (Phi) is 3.68. The third-order valence-electron chi connectivity index (χ3n) is 2.64. The van der Waals surface area contributed by atoms with Crippen LogP contribution in [0, 0.1) is 6.92 Å². The van der Waals surface area contributed by atoms with Gasteiger partial charge in [-0.15, -0.1) is 0 Å². The van der Waals surface area contributed by atoms with Crippen LogP contribution in [-0.4, -0.2) is 6.29 Å². The highest BCUT2D eigenvalue weighted by molar-refractivity contribution is 6.31. The fourth-order valence-electron chi connectivity index (χ4n) is 1.59. The van der Waals surface area contributed by atoms with Crippen molar-refractivity contribution in [2.75, 3.05) is 0 Å². The Labute approximate surface area is 111 Å². The highest BCUT2D eigenvalue weighted by Crippen LogP contribution is 2.27. The second kappa shape index (κ2) is 5.23. The van der Waals surface area contributed by atoms with Crippen molar-refractivity contribution in [3.63, 3.8) is 0 Å². The first kappa shape index (κ1) is 12.7. The van der Waals surface area contributed by atoms with Crippen molar-refractivity contribution in [3.8, 4) is 11.3 Å². The molecule has 0 bridgehead atoms. The minimum absolute atomic E-state index is 0.623. The van der Waals surface area contributed by atoms with Gasteiger partial charge in [-0.3, -0.25) is 4.79 Å². The van der Waals surface area contributed by atoms with Gasteiger partial charge in [0.25, 0.3) is 0 Å². The van der Waals surface area contributed by atoms with Crippen molar-refractivity contribution in [1.29, 1.82) is 0 Å². The predicted octanol–water partition coefficient (Wildman–Crippen LogP) is 4.51. The summed E-state index contributed by atoms with van der Waals surface area (Å²) >= 11 is 6.08. The molecule has 2 rings (SSSR count). The monoisotopic (exact) mass is 260 g/mol. The molecule has 1 aromatic carbocycles. The van der Waals surface area contributed by atoms with Crippen LogP contribution in [0.25, 0.3) is 17.4 Å². The van der Waals surface area contributed by atoms with Crippen LogP contribution in [0.3, 0.4) is 0 Å². The Morgan fingerprint density at radius 3 is 2.72 bits per heavy atom. The molecule has 0 spiro atoms. The number of carbonyl (C=O) groups excluding carboxylic acids is 1. The summed E-state index contributed by atoms with van der Waals surface area (Å²) < 4.78 is 5.64.